The van der Waals surface area contributed by atoms with Crippen LogP contribution in [0.1, 0.15) is 36.9 Å². The summed E-state index contributed by atoms with van der Waals surface area (Å²) in [5.41, 5.74) is 7.75. The number of hydrogen-bond acceptors (Lipinski definition) is 4. The molecular formula is C18H25FN2O3. The maximum Gasteiger partial charge on any atom is 0.404 e. The summed E-state index contributed by atoms with van der Waals surface area (Å²) in [4.78, 5) is 13.6. The molecule has 5 nitrogen and oxygen atoms in total. The van der Waals surface area contributed by atoms with E-state index in [0.29, 0.717) is 19.4 Å². The second kappa shape index (κ2) is 7.38. The number of benzene rings is 1. The Bertz CT molecular complexity index is 596. The van der Waals surface area contributed by atoms with E-state index in [1.807, 2.05) is 13.0 Å². The number of carbonyl (C=O) groups is 1. The maximum absolute atomic E-state index is 12.9. The van der Waals surface area contributed by atoms with E-state index in [4.69, 9.17) is 15.2 Å². The zero-order valence-electron chi connectivity index (χ0n) is 14.0. The number of primary amides is 1. The summed E-state index contributed by atoms with van der Waals surface area (Å²) >= 11 is 0. The van der Waals surface area contributed by atoms with Gasteiger partial charge in [-0.3, -0.25) is 9.29 Å². The second-order valence-electron chi connectivity index (χ2n) is 6.50. The Kier molecular flexibility index (Phi) is 5.23. The molecule has 0 aliphatic carbocycles. The Morgan fingerprint density at radius 1 is 1.46 bits per heavy atom. The molecule has 0 spiro atoms. The third-order valence-corrected chi connectivity index (χ3v) is 5.09. The average molecular weight is 336 g/mol. The molecule has 2 aliphatic rings. The van der Waals surface area contributed by atoms with E-state index < -0.39 is 12.8 Å². The maximum atomic E-state index is 12.9. The molecule has 1 fully saturated rings. The van der Waals surface area contributed by atoms with Crippen LogP contribution in [0.2, 0.25) is 0 Å². The molecule has 24 heavy (non-hydrogen) atoms. The highest BCUT2D eigenvalue weighted by atomic mass is 19.1. The Labute approximate surface area is 141 Å². The fourth-order valence-electron chi connectivity index (χ4n) is 4.03. The smallest absolute Gasteiger partial charge is 0.404 e. The minimum absolute atomic E-state index is 0.00278. The number of alkyl halides is 1. The van der Waals surface area contributed by atoms with Crippen molar-refractivity contribution in [3.05, 3.63) is 29.3 Å². The molecule has 3 rings (SSSR count). The lowest BCUT2D eigenvalue weighted by Crippen LogP contribution is -2.49. The van der Waals surface area contributed by atoms with Gasteiger partial charge in [-0.25, -0.2) is 4.79 Å². The predicted octanol–water partition coefficient (Wildman–Crippen LogP) is 2.83. The minimum Gasteiger partial charge on any atom is -0.494 e. The van der Waals surface area contributed by atoms with E-state index >= 15 is 0 Å². The molecule has 1 aromatic carbocycles. The number of ether oxygens (including phenoxy) is 2. The van der Waals surface area contributed by atoms with Gasteiger partial charge in [-0.05, 0) is 43.0 Å². The van der Waals surface area contributed by atoms with E-state index in [0.717, 1.165) is 25.3 Å². The number of nitrogens with zero attached hydrogens (tertiary/aromatic N) is 1. The highest BCUT2D eigenvalue weighted by molar-refractivity contribution is 5.64. The van der Waals surface area contributed by atoms with Crippen LogP contribution in [0.25, 0.3) is 0 Å². The quantitative estimate of drug-likeness (QED) is 0.898. The fourth-order valence-corrected chi connectivity index (χ4v) is 4.03. The standard InChI is InChI=1S/C18H25FN2O3/c1-2-23-14-3-4-15-12(9-14)6-8-21-11-13(5-7-19)17(10-16(15)21)24-18(20)22/h3-4,9,13,16-17H,2,5-8,10-11H2,1H3,(H2,20,22)/t13-,16-,17-/m0/s1. The lowest BCUT2D eigenvalue weighted by Gasteiger charge is -2.46. The molecule has 0 bridgehead atoms. The highest BCUT2D eigenvalue weighted by Gasteiger charge is 2.40. The fraction of sp³-hybridized carbons (Fsp3) is 0.611. The molecule has 1 amide bonds. The summed E-state index contributed by atoms with van der Waals surface area (Å²) in [5.74, 6) is 0.892. The molecule has 0 aromatic heterocycles. The van der Waals surface area contributed by atoms with Gasteiger partial charge in [0.05, 0.1) is 13.3 Å². The lowest BCUT2D eigenvalue weighted by molar-refractivity contribution is -0.0245. The van der Waals surface area contributed by atoms with Crippen LogP contribution in [0.4, 0.5) is 9.18 Å². The normalized spacial score (nSPS) is 26.3. The van der Waals surface area contributed by atoms with Gasteiger partial charge in [0, 0.05) is 31.5 Å². The van der Waals surface area contributed by atoms with E-state index in [2.05, 4.69) is 17.0 Å². The van der Waals surface area contributed by atoms with Crippen LogP contribution < -0.4 is 10.5 Å². The van der Waals surface area contributed by atoms with Gasteiger partial charge in [0.1, 0.15) is 11.9 Å². The molecule has 1 saturated heterocycles. The van der Waals surface area contributed by atoms with Gasteiger partial charge in [0.25, 0.3) is 0 Å². The molecule has 0 unspecified atom stereocenters. The van der Waals surface area contributed by atoms with Crippen molar-refractivity contribution in [2.24, 2.45) is 11.7 Å². The molecule has 0 saturated carbocycles. The predicted molar refractivity (Wildman–Crippen MR) is 88.8 cm³/mol. The van der Waals surface area contributed by atoms with E-state index in [1.165, 1.54) is 11.1 Å². The van der Waals surface area contributed by atoms with Crippen molar-refractivity contribution < 1.29 is 18.7 Å². The Balaban J connectivity index is 1.82. The molecular weight excluding hydrogens is 311 g/mol. The van der Waals surface area contributed by atoms with Crippen molar-refractivity contribution in [3.63, 3.8) is 0 Å². The van der Waals surface area contributed by atoms with Crippen molar-refractivity contribution in [3.8, 4) is 5.75 Å². The number of hydrogen-bond donors (Lipinski definition) is 1. The first-order valence-electron chi connectivity index (χ1n) is 8.64. The number of carbonyl (C=O) groups excluding carboxylic acids is 1. The largest absolute Gasteiger partial charge is 0.494 e. The van der Waals surface area contributed by atoms with Gasteiger partial charge in [-0.15, -0.1) is 0 Å². The monoisotopic (exact) mass is 336 g/mol. The first-order chi connectivity index (χ1) is 11.6. The van der Waals surface area contributed by atoms with Crippen LogP contribution in [0.5, 0.6) is 5.75 Å². The summed E-state index contributed by atoms with van der Waals surface area (Å²) in [5, 5.41) is 0. The highest BCUT2D eigenvalue weighted by Crippen LogP contribution is 2.41. The van der Waals surface area contributed by atoms with E-state index in [1.54, 1.807) is 0 Å². The van der Waals surface area contributed by atoms with Gasteiger partial charge >= 0.3 is 6.09 Å². The van der Waals surface area contributed by atoms with Crippen LogP contribution in [-0.4, -0.2) is 43.5 Å². The molecule has 6 heteroatoms. The van der Waals surface area contributed by atoms with Crippen molar-refractivity contribution in [1.29, 1.82) is 0 Å². The number of fused-ring (bicyclic) bond motifs is 3. The van der Waals surface area contributed by atoms with Crippen LogP contribution in [0.15, 0.2) is 18.2 Å². The zero-order valence-corrected chi connectivity index (χ0v) is 14.0. The zero-order chi connectivity index (χ0) is 17.1. The third-order valence-electron chi connectivity index (χ3n) is 5.09. The first-order valence-corrected chi connectivity index (χ1v) is 8.64. The topological polar surface area (TPSA) is 64.8 Å². The van der Waals surface area contributed by atoms with Gasteiger partial charge in [0.15, 0.2) is 0 Å². The molecule has 2 heterocycles. The second-order valence-corrected chi connectivity index (χ2v) is 6.50. The van der Waals surface area contributed by atoms with Crippen molar-refractivity contribution >= 4 is 6.09 Å². The number of halogens is 1. The third kappa shape index (κ3) is 3.48. The Morgan fingerprint density at radius 3 is 3.00 bits per heavy atom. The SMILES string of the molecule is CCOc1ccc2c(c1)CCN1C[C@H](CCF)[C@@H](OC(N)=O)C[C@@H]21. The number of piperidine rings is 1. The van der Waals surface area contributed by atoms with Gasteiger partial charge in [0.2, 0.25) is 0 Å². The summed E-state index contributed by atoms with van der Waals surface area (Å²) in [6.07, 6.45) is 0.916. The Hall–Kier alpha value is -1.82. The van der Waals surface area contributed by atoms with Crippen LogP contribution in [0.3, 0.4) is 0 Å². The van der Waals surface area contributed by atoms with Gasteiger partial charge in [-0.2, -0.15) is 0 Å². The molecule has 1 aromatic rings. The van der Waals surface area contributed by atoms with Gasteiger partial charge < -0.3 is 15.2 Å². The molecule has 3 atom stereocenters. The number of amides is 1. The lowest BCUT2D eigenvalue weighted by atomic mass is 9.81. The minimum atomic E-state index is -0.778. The molecule has 132 valence electrons. The summed E-state index contributed by atoms with van der Waals surface area (Å²) in [7, 11) is 0. The van der Waals surface area contributed by atoms with E-state index in [-0.39, 0.29) is 18.1 Å². The number of rotatable bonds is 5. The summed E-state index contributed by atoms with van der Waals surface area (Å²) < 4.78 is 23.8. The number of nitrogens with two attached hydrogens (primary N) is 1. The van der Waals surface area contributed by atoms with Crippen LogP contribution in [-0.2, 0) is 11.2 Å². The summed E-state index contributed by atoms with van der Waals surface area (Å²) in [6, 6.07) is 6.38. The molecule has 0 radical (unpaired) electrons. The molecule has 2 N–H and O–H groups in total. The average Bonchev–Trinajstić information content (AvgIpc) is 2.55. The first kappa shape index (κ1) is 17.0. The van der Waals surface area contributed by atoms with Crippen molar-refractivity contribution in [2.75, 3.05) is 26.4 Å². The van der Waals surface area contributed by atoms with Crippen LogP contribution >= 0.6 is 0 Å². The van der Waals surface area contributed by atoms with Crippen molar-refractivity contribution in [1.82, 2.24) is 4.90 Å². The Morgan fingerprint density at radius 2 is 2.29 bits per heavy atom. The van der Waals surface area contributed by atoms with Gasteiger partial charge in [-0.1, -0.05) is 6.07 Å². The molecule has 2 aliphatic heterocycles. The van der Waals surface area contributed by atoms with Crippen LogP contribution in [0, 0.1) is 5.92 Å². The van der Waals surface area contributed by atoms with Crippen molar-refractivity contribution in [2.45, 2.75) is 38.3 Å². The van der Waals surface area contributed by atoms with E-state index in [9.17, 15) is 9.18 Å². The summed E-state index contributed by atoms with van der Waals surface area (Å²) in [6.45, 7) is 3.88.